The molecule has 1 aliphatic rings. The van der Waals surface area contributed by atoms with Crippen LogP contribution in [0.4, 0.5) is 0 Å². The van der Waals surface area contributed by atoms with E-state index in [0.29, 0.717) is 31.6 Å². The summed E-state index contributed by atoms with van der Waals surface area (Å²) in [6.45, 7) is 1.31. The molecule has 8 heteroatoms. The molecule has 28 heavy (non-hydrogen) atoms. The highest BCUT2D eigenvalue weighted by molar-refractivity contribution is 5.99. The topological polar surface area (TPSA) is 93.8 Å². The number of aliphatic hydroxyl groups is 1. The quantitative estimate of drug-likeness (QED) is 0.537. The van der Waals surface area contributed by atoms with Gasteiger partial charge >= 0.3 is 5.69 Å². The van der Waals surface area contributed by atoms with Crippen LogP contribution in [-0.2, 0) is 27.8 Å². The van der Waals surface area contributed by atoms with Gasteiger partial charge in [0.05, 0.1) is 11.0 Å². The molecular weight excluding hydrogens is 362 g/mol. The summed E-state index contributed by atoms with van der Waals surface area (Å²) in [5.74, 6) is -0.548. The first kappa shape index (κ1) is 20.3. The lowest BCUT2D eigenvalue weighted by molar-refractivity contribution is -0.149. The largest absolute Gasteiger partial charge is 0.396 e. The van der Waals surface area contributed by atoms with Crippen LogP contribution < -0.4 is 5.69 Å². The minimum atomic E-state index is -0.648. The summed E-state index contributed by atoms with van der Waals surface area (Å²) in [5, 5.41) is 8.74. The zero-order valence-corrected chi connectivity index (χ0v) is 16.4. The number of piperidine rings is 1. The highest BCUT2D eigenvalue weighted by Crippen LogP contribution is 2.26. The van der Waals surface area contributed by atoms with E-state index in [1.165, 1.54) is 11.6 Å². The summed E-state index contributed by atoms with van der Waals surface area (Å²) in [6.07, 6.45) is 2.90. The van der Waals surface area contributed by atoms with Gasteiger partial charge in [-0.15, -0.1) is 0 Å². The van der Waals surface area contributed by atoms with Crippen molar-refractivity contribution < 1.29 is 19.4 Å². The fraction of sp³-hybridized carbons (Fsp3) is 0.550. The number of hydrogen-bond acceptors (Lipinski definition) is 5. The molecule has 1 saturated heterocycles. The Morgan fingerprint density at radius 1 is 1.11 bits per heavy atom. The Kier molecular flexibility index (Phi) is 6.31. The second-order valence-electron chi connectivity index (χ2n) is 7.17. The Morgan fingerprint density at radius 3 is 2.61 bits per heavy atom. The number of nitrogens with zero attached hydrogens (tertiary/aromatic N) is 3. The first-order chi connectivity index (χ1) is 13.5. The van der Waals surface area contributed by atoms with Gasteiger partial charge in [-0.05, 0) is 43.4 Å². The molecule has 1 aromatic carbocycles. The van der Waals surface area contributed by atoms with Crippen LogP contribution >= 0.6 is 0 Å². The second-order valence-corrected chi connectivity index (χ2v) is 7.17. The number of fused-ring (bicyclic) bond motifs is 1. The van der Waals surface area contributed by atoms with Crippen LogP contribution in [0.3, 0.4) is 0 Å². The van der Waals surface area contributed by atoms with Crippen molar-refractivity contribution >= 4 is 22.8 Å². The third-order valence-corrected chi connectivity index (χ3v) is 5.29. The number of carbonyl (C=O) groups excluding carboxylic acids is 2. The van der Waals surface area contributed by atoms with E-state index >= 15 is 0 Å². The monoisotopic (exact) mass is 389 g/mol. The van der Waals surface area contributed by atoms with Crippen LogP contribution in [0, 0.1) is 0 Å². The van der Waals surface area contributed by atoms with Crippen LogP contribution in [0.25, 0.3) is 11.0 Å². The minimum absolute atomic E-state index is 0.134. The van der Waals surface area contributed by atoms with Crippen LogP contribution in [-0.4, -0.2) is 57.8 Å². The first-order valence-electron chi connectivity index (χ1n) is 9.64. The average Bonchev–Trinajstić information content (AvgIpc) is 2.93. The van der Waals surface area contributed by atoms with Crippen molar-refractivity contribution in [1.82, 2.24) is 14.0 Å². The highest BCUT2D eigenvalue weighted by atomic mass is 16.5. The zero-order valence-electron chi connectivity index (χ0n) is 16.4. The fourth-order valence-corrected chi connectivity index (χ4v) is 3.65. The summed E-state index contributed by atoms with van der Waals surface area (Å²) in [6, 6.07) is 5.17. The Morgan fingerprint density at radius 2 is 1.86 bits per heavy atom. The SMILES string of the molecule is CN1C(=O)CCC(n2c(=O)n(C)c3cc(CCCOCCCO)ccc32)C1=O. The maximum atomic E-state index is 12.8. The number of likely N-dealkylation sites (tertiary alicyclic amines) is 1. The molecule has 152 valence electrons. The van der Waals surface area contributed by atoms with Crippen LogP contribution in [0.2, 0.25) is 0 Å². The van der Waals surface area contributed by atoms with Gasteiger partial charge in [0, 0.05) is 40.3 Å². The number of likely N-dealkylation sites (N-methyl/N-ethyl adjacent to an activating group) is 1. The lowest BCUT2D eigenvalue weighted by atomic mass is 10.0. The van der Waals surface area contributed by atoms with E-state index in [1.807, 2.05) is 18.2 Å². The predicted molar refractivity (Wildman–Crippen MR) is 104 cm³/mol. The van der Waals surface area contributed by atoms with Gasteiger partial charge < -0.3 is 9.84 Å². The van der Waals surface area contributed by atoms with E-state index in [9.17, 15) is 14.4 Å². The Balaban J connectivity index is 1.81. The van der Waals surface area contributed by atoms with E-state index in [1.54, 1.807) is 11.6 Å². The van der Waals surface area contributed by atoms with Crippen molar-refractivity contribution in [3.05, 3.63) is 34.2 Å². The molecule has 2 heterocycles. The maximum Gasteiger partial charge on any atom is 0.329 e. The molecule has 1 fully saturated rings. The number of imidazole rings is 1. The van der Waals surface area contributed by atoms with Gasteiger partial charge in [-0.2, -0.15) is 0 Å². The molecule has 1 atom stereocenters. The number of aryl methyl sites for hydroxylation is 2. The number of ether oxygens (including phenoxy) is 1. The van der Waals surface area contributed by atoms with E-state index in [4.69, 9.17) is 9.84 Å². The number of amides is 2. The van der Waals surface area contributed by atoms with Gasteiger partial charge in [0.2, 0.25) is 5.91 Å². The molecule has 0 aliphatic carbocycles. The number of carbonyl (C=O) groups is 2. The Bertz CT molecular complexity index is 930. The van der Waals surface area contributed by atoms with E-state index < -0.39 is 6.04 Å². The van der Waals surface area contributed by atoms with Gasteiger partial charge in [0.1, 0.15) is 6.04 Å². The van der Waals surface area contributed by atoms with E-state index in [2.05, 4.69) is 0 Å². The van der Waals surface area contributed by atoms with Crippen molar-refractivity contribution in [3.63, 3.8) is 0 Å². The molecule has 0 saturated carbocycles. The fourth-order valence-electron chi connectivity index (χ4n) is 3.65. The van der Waals surface area contributed by atoms with Crippen molar-refractivity contribution in [2.45, 2.75) is 38.1 Å². The molecule has 2 aromatic rings. The normalized spacial score (nSPS) is 17.7. The van der Waals surface area contributed by atoms with Gasteiger partial charge in [0.25, 0.3) is 5.91 Å². The number of rotatable bonds is 8. The van der Waals surface area contributed by atoms with Crippen molar-refractivity contribution in [3.8, 4) is 0 Å². The van der Waals surface area contributed by atoms with Crippen LogP contribution in [0.15, 0.2) is 23.0 Å². The van der Waals surface area contributed by atoms with Crippen molar-refractivity contribution in [2.75, 3.05) is 26.9 Å². The summed E-state index contributed by atoms with van der Waals surface area (Å²) >= 11 is 0. The molecule has 0 bridgehead atoms. The molecule has 1 N–H and O–H groups in total. The van der Waals surface area contributed by atoms with Gasteiger partial charge in [0.15, 0.2) is 0 Å². The van der Waals surface area contributed by atoms with E-state index in [0.717, 1.165) is 28.8 Å². The summed E-state index contributed by atoms with van der Waals surface area (Å²) in [5.41, 5.74) is 2.32. The molecule has 2 amide bonds. The van der Waals surface area contributed by atoms with E-state index in [-0.39, 0.29) is 30.5 Å². The molecule has 1 unspecified atom stereocenters. The lowest BCUT2D eigenvalue weighted by Crippen LogP contribution is -2.45. The van der Waals surface area contributed by atoms with Crippen molar-refractivity contribution in [1.29, 1.82) is 0 Å². The summed E-state index contributed by atoms with van der Waals surface area (Å²) in [7, 11) is 3.17. The maximum absolute atomic E-state index is 12.8. The average molecular weight is 389 g/mol. The third-order valence-electron chi connectivity index (χ3n) is 5.29. The van der Waals surface area contributed by atoms with Crippen LogP contribution in [0.5, 0.6) is 0 Å². The number of aliphatic hydroxyl groups excluding tert-OH is 1. The first-order valence-corrected chi connectivity index (χ1v) is 9.64. The second kappa shape index (κ2) is 8.70. The van der Waals surface area contributed by atoms with Crippen molar-refractivity contribution in [2.24, 2.45) is 7.05 Å². The molecular formula is C20H27N3O5. The van der Waals surface area contributed by atoms with Gasteiger partial charge in [-0.3, -0.25) is 23.6 Å². The van der Waals surface area contributed by atoms with Gasteiger partial charge in [-0.25, -0.2) is 4.79 Å². The predicted octanol–water partition coefficient (Wildman–Crippen LogP) is 0.991. The lowest BCUT2D eigenvalue weighted by Gasteiger charge is -2.28. The molecule has 0 radical (unpaired) electrons. The Labute approximate surface area is 163 Å². The van der Waals surface area contributed by atoms with Gasteiger partial charge in [-0.1, -0.05) is 6.07 Å². The molecule has 3 rings (SSSR count). The molecule has 0 spiro atoms. The standard InChI is InChI=1S/C20H27N3O5/c1-21-17-13-14(5-3-11-28-12-4-10-24)6-7-15(17)23(20(21)27)16-8-9-18(25)22(2)19(16)26/h6-7,13,16,24H,3-5,8-12H2,1-2H3. The number of aromatic nitrogens is 2. The molecule has 1 aliphatic heterocycles. The summed E-state index contributed by atoms with van der Waals surface area (Å²) < 4.78 is 8.52. The number of hydrogen-bond donors (Lipinski definition) is 1. The minimum Gasteiger partial charge on any atom is -0.396 e. The Hall–Kier alpha value is -2.45. The summed E-state index contributed by atoms with van der Waals surface area (Å²) in [4.78, 5) is 38.3. The number of benzene rings is 1. The smallest absolute Gasteiger partial charge is 0.329 e. The molecule has 1 aromatic heterocycles. The van der Waals surface area contributed by atoms with Crippen LogP contribution in [0.1, 0.15) is 37.3 Å². The molecule has 8 nitrogen and oxygen atoms in total. The number of imide groups is 1. The third kappa shape index (κ3) is 3.88. The zero-order chi connectivity index (χ0) is 20.3. The highest BCUT2D eigenvalue weighted by Gasteiger charge is 2.35.